The fraction of sp³-hybridized carbons (Fsp3) is 0.933. The van der Waals surface area contributed by atoms with Gasteiger partial charge in [-0.3, -0.25) is 4.79 Å². The van der Waals surface area contributed by atoms with Crippen molar-refractivity contribution in [2.45, 2.75) is 51.5 Å². The number of likely N-dealkylation sites (N-methyl/N-ethyl adjacent to an activating group) is 1. The molecule has 0 radical (unpaired) electrons. The number of nitrogens with one attached hydrogen (secondary N) is 1. The number of hydrogen-bond donors (Lipinski definition) is 1. The Morgan fingerprint density at radius 2 is 2.16 bits per heavy atom. The van der Waals surface area contributed by atoms with Crippen LogP contribution < -0.4 is 5.32 Å². The van der Waals surface area contributed by atoms with Crippen LogP contribution in [0.4, 0.5) is 0 Å². The lowest BCUT2D eigenvalue weighted by atomic mass is 9.85. The summed E-state index contributed by atoms with van der Waals surface area (Å²) in [7, 11) is 3.64. The third-order valence-electron chi connectivity index (χ3n) is 4.21. The first-order valence-corrected chi connectivity index (χ1v) is 7.54. The summed E-state index contributed by atoms with van der Waals surface area (Å²) < 4.78 is 4.90. The molecular weight excluding hydrogens is 240 g/mol. The van der Waals surface area contributed by atoms with Crippen molar-refractivity contribution in [3.63, 3.8) is 0 Å². The number of nitrogens with zero attached hydrogens (tertiary/aromatic N) is 1. The summed E-state index contributed by atoms with van der Waals surface area (Å²) >= 11 is 0. The Hall–Kier alpha value is -0.610. The number of carbonyl (C=O) groups is 1. The zero-order valence-corrected chi connectivity index (χ0v) is 13.0. The van der Waals surface area contributed by atoms with Crippen molar-refractivity contribution in [1.82, 2.24) is 10.2 Å². The van der Waals surface area contributed by atoms with Gasteiger partial charge in [-0.15, -0.1) is 0 Å². The summed E-state index contributed by atoms with van der Waals surface area (Å²) in [4.78, 5) is 14.2. The number of rotatable bonds is 9. The molecule has 4 nitrogen and oxygen atoms in total. The van der Waals surface area contributed by atoms with E-state index in [-0.39, 0.29) is 5.97 Å². The van der Waals surface area contributed by atoms with Crippen molar-refractivity contribution < 1.29 is 9.53 Å². The lowest BCUT2D eigenvalue weighted by Crippen LogP contribution is -2.50. The molecule has 19 heavy (non-hydrogen) atoms. The molecule has 0 saturated heterocycles. The van der Waals surface area contributed by atoms with Gasteiger partial charge in [-0.25, -0.2) is 0 Å². The Morgan fingerprint density at radius 1 is 1.47 bits per heavy atom. The van der Waals surface area contributed by atoms with Gasteiger partial charge >= 0.3 is 5.97 Å². The summed E-state index contributed by atoms with van der Waals surface area (Å²) in [6.45, 7) is 6.99. The van der Waals surface area contributed by atoms with Crippen LogP contribution in [0.15, 0.2) is 0 Å². The highest BCUT2D eigenvalue weighted by molar-refractivity contribution is 5.80. The van der Waals surface area contributed by atoms with E-state index in [2.05, 4.69) is 17.3 Å². The monoisotopic (exact) mass is 270 g/mol. The van der Waals surface area contributed by atoms with Crippen molar-refractivity contribution in [1.29, 1.82) is 0 Å². The van der Waals surface area contributed by atoms with E-state index in [0.717, 1.165) is 31.8 Å². The van der Waals surface area contributed by atoms with Crippen LogP contribution in [0.1, 0.15) is 46.0 Å². The Labute approximate surface area is 117 Å². The molecule has 1 fully saturated rings. The Bertz CT molecular complexity index is 279. The molecule has 0 aromatic carbocycles. The molecule has 112 valence electrons. The minimum Gasteiger partial charge on any atom is -0.468 e. The molecule has 1 rings (SSSR count). The molecule has 0 aromatic rings. The largest absolute Gasteiger partial charge is 0.468 e. The van der Waals surface area contributed by atoms with Gasteiger partial charge in [0.2, 0.25) is 0 Å². The third kappa shape index (κ3) is 5.11. The van der Waals surface area contributed by atoms with Crippen molar-refractivity contribution in [3.8, 4) is 0 Å². The van der Waals surface area contributed by atoms with E-state index in [0.29, 0.717) is 0 Å². The fourth-order valence-electron chi connectivity index (χ4n) is 2.79. The Morgan fingerprint density at radius 3 is 2.63 bits per heavy atom. The number of carbonyl (C=O) groups excluding carboxylic acids is 1. The predicted molar refractivity (Wildman–Crippen MR) is 78.2 cm³/mol. The molecule has 0 aromatic heterocycles. The van der Waals surface area contributed by atoms with Crippen LogP contribution in [0.25, 0.3) is 0 Å². The van der Waals surface area contributed by atoms with Gasteiger partial charge in [0.1, 0.15) is 5.54 Å². The summed E-state index contributed by atoms with van der Waals surface area (Å²) in [5.74, 6) is 0.752. The lowest BCUT2D eigenvalue weighted by molar-refractivity contribution is -0.148. The van der Waals surface area contributed by atoms with Crippen molar-refractivity contribution in [2.75, 3.05) is 33.8 Å². The topological polar surface area (TPSA) is 41.6 Å². The van der Waals surface area contributed by atoms with E-state index in [1.165, 1.54) is 32.9 Å². The van der Waals surface area contributed by atoms with E-state index in [4.69, 9.17) is 4.74 Å². The second-order valence-electron chi connectivity index (χ2n) is 6.02. The van der Waals surface area contributed by atoms with Gasteiger partial charge in [0.15, 0.2) is 0 Å². The van der Waals surface area contributed by atoms with Crippen molar-refractivity contribution >= 4 is 5.97 Å². The minimum atomic E-state index is -0.541. The number of hydrogen-bond acceptors (Lipinski definition) is 4. The molecule has 1 N–H and O–H groups in total. The van der Waals surface area contributed by atoms with Crippen LogP contribution in [0, 0.1) is 5.92 Å². The zero-order valence-electron chi connectivity index (χ0n) is 13.0. The molecule has 1 unspecified atom stereocenters. The lowest BCUT2D eigenvalue weighted by Gasteiger charge is -2.31. The van der Waals surface area contributed by atoms with Crippen LogP contribution in [0.2, 0.25) is 0 Å². The first-order chi connectivity index (χ1) is 9.01. The maximum atomic E-state index is 11.8. The van der Waals surface area contributed by atoms with E-state index < -0.39 is 5.54 Å². The standard InChI is InChI=1S/C15H30N2O2/c1-5-16-15(2,14(18)19-4)10-7-11-17(3)12-13-8-6-9-13/h13,16H,5-12H2,1-4H3. The van der Waals surface area contributed by atoms with Gasteiger partial charge < -0.3 is 15.0 Å². The van der Waals surface area contributed by atoms with Crippen molar-refractivity contribution in [3.05, 3.63) is 0 Å². The first-order valence-electron chi connectivity index (χ1n) is 7.54. The molecule has 0 heterocycles. The Balaban J connectivity index is 2.28. The average molecular weight is 270 g/mol. The average Bonchev–Trinajstić information content (AvgIpc) is 2.33. The second-order valence-corrected chi connectivity index (χ2v) is 6.02. The van der Waals surface area contributed by atoms with E-state index in [1.807, 2.05) is 13.8 Å². The van der Waals surface area contributed by atoms with Gasteiger partial charge in [-0.1, -0.05) is 13.3 Å². The maximum Gasteiger partial charge on any atom is 0.325 e. The molecule has 1 saturated carbocycles. The summed E-state index contributed by atoms with van der Waals surface area (Å²) in [6.07, 6.45) is 6.02. The highest BCUT2D eigenvalue weighted by atomic mass is 16.5. The quantitative estimate of drug-likeness (QED) is 0.651. The molecule has 1 aliphatic rings. The van der Waals surface area contributed by atoms with Crippen LogP contribution in [0.5, 0.6) is 0 Å². The minimum absolute atomic E-state index is 0.156. The summed E-state index contributed by atoms with van der Waals surface area (Å²) in [5.41, 5.74) is -0.541. The molecule has 0 aliphatic heterocycles. The van der Waals surface area contributed by atoms with Crippen LogP contribution in [-0.4, -0.2) is 50.2 Å². The SMILES string of the molecule is CCNC(C)(CCCN(C)CC1CCC1)C(=O)OC. The molecule has 0 spiro atoms. The molecule has 0 amide bonds. The maximum absolute atomic E-state index is 11.8. The van der Waals surface area contributed by atoms with Crippen LogP contribution in [0.3, 0.4) is 0 Å². The van der Waals surface area contributed by atoms with Gasteiger partial charge in [0, 0.05) is 6.54 Å². The van der Waals surface area contributed by atoms with E-state index >= 15 is 0 Å². The highest BCUT2D eigenvalue weighted by Crippen LogP contribution is 2.26. The van der Waals surface area contributed by atoms with Gasteiger partial charge in [-0.05, 0) is 58.7 Å². The normalized spacial score (nSPS) is 19.0. The summed E-state index contributed by atoms with van der Waals surface area (Å²) in [5, 5.41) is 3.25. The summed E-state index contributed by atoms with van der Waals surface area (Å²) in [6, 6.07) is 0. The molecule has 4 heteroatoms. The van der Waals surface area contributed by atoms with E-state index in [1.54, 1.807) is 0 Å². The van der Waals surface area contributed by atoms with Gasteiger partial charge in [0.25, 0.3) is 0 Å². The predicted octanol–water partition coefficient (Wildman–Crippen LogP) is 2.04. The number of ether oxygens (including phenoxy) is 1. The molecule has 1 atom stereocenters. The van der Waals surface area contributed by atoms with Crippen LogP contribution >= 0.6 is 0 Å². The van der Waals surface area contributed by atoms with Gasteiger partial charge in [-0.2, -0.15) is 0 Å². The fourth-order valence-corrected chi connectivity index (χ4v) is 2.79. The van der Waals surface area contributed by atoms with E-state index in [9.17, 15) is 4.79 Å². The smallest absolute Gasteiger partial charge is 0.325 e. The highest BCUT2D eigenvalue weighted by Gasteiger charge is 2.32. The number of methoxy groups -OCH3 is 1. The van der Waals surface area contributed by atoms with Gasteiger partial charge in [0.05, 0.1) is 7.11 Å². The number of esters is 1. The zero-order chi connectivity index (χ0) is 14.3. The second kappa shape index (κ2) is 7.85. The molecular formula is C15H30N2O2. The third-order valence-corrected chi connectivity index (χ3v) is 4.21. The van der Waals surface area contributed by atoms with Crippen LogP contribution in [-0.2, 0) is 9.53 Å². The molecule has 0 bridgehead atoms. The Kier molecular flexibility index (Phi) is 6.80. The first kappa shape index (κ1) is 16.4. The molecule has 1 aliphatic carbocycles. The van der Waals surface area contributed by atoms with Crippen molar-refractivity contribution in [2.24, 2.45) is 5.92 Å².